The van der Waals surface area contributed by atoms with E-state index in [2.05, 4.69) is 10.1 Å². The smallest absolute Gasteiger partial charge is 0.247 e. The van der Waals surface area contributed by atoms with Gasteiger partial charge in [0.1, 0.15) is 6.04 Å². The highest BCUT2D eigenvalue weighted by Gasteiger charge is 2.42. The quantitative estimate of drug-likeness (QED) is 0.849. The molecule has 124 valence electrons. The molecule has 0 bridgehead atoms. The lowest BCUT2D eigenvalue weighted by Crippen LogP contribution is -2.47. The van der Waals surface area contributed by atoms with Gasteiger partial charge >= 0.3 is 0 Å². The van der Waals surface area contributed by atoms with E-state index in [0.717, 1.165) is 5.56 Å². The predicted molar refractivity (Wildman–Crippen MR) is 82.3 cm³/mol. The van der Waals surface area contributed by atoms with Gasteiger partial charge in [0.2, 0.25) is 15.9 Å². The highest BCUT2D eigenvalue weighted by molar-refractivity contribution is 7.89. The van der Waals surface area contributed by atoms with E-state index >= 15 is 0 Å². The molecule has 1 fully saturated rings. The molecule has 0 unspecified atom stereocenters. The Kier molecular flexibility index (Phi) is 4.22. The van der Waals surface area contributed by atoms with Crippen molar-refractivity contribution in [1.29, 1.82) is 0 Å². The Hall–Kier alpha value is -1.77. The van der Waals surface area contributed by atoms with Crippen LogP contribution < -0.4 is 0 Å². The van der Waals surface area contributed by atoms with E-state index in [1.807, 2.05) is 19.9 Å². The minimum Gasteiger partial charge on any atom is -0.375 e. The molecule has 1 aliphatic rings. The second kappa shape index (κ2) is 6.03. The summed E-state index contributed by atoms with van der Waals surface area (Å²) in [7, 11) is -3.68. The molecule has 2 aromatic rings. The molecular formula is C15H19N3O4S. The van der Waals surface area contributed by atoms with Crippen LogP contribution in [0.3, 0.4) is 0 Å². The molecule has 0 radical (unpaired) electrons. The van der Waals surface area contributed by atoms with Crippen molar-refractivity contribution in [3.05, 3.63) is 41.5 Å². The number of aromatic nitrogens is 2. The third-order valence-corrected chi connectivity index (χ3v) is 5.72. The lowest BCUT2D eigenvalue weighted by molar-refractivity contribution is -0.0401. The van der Waals surface area contributed by atoms with E-state index in [0.29, 0.717) is 12.4 Å². The van der Waals surface area contributed by atoms with Gasteiger partial charge < -0.3 is 9.26 Å². The van der Waals surface area contributed by atoms with Crippen molar-refractivity contribution >= 4 is 10.0 Å². The minimum atomic E-state index is -3.68. The SMILES string of the molecule is Cc1cccc(S(=O)(=O)N2CCO[C@H](C)[C@H]2c2nc(C)no2)c1. The van der Waals surface area contributed by atoms with Gasteiger partial charge in [0, 0.05) is 6.54 Å². The fraction of sp³-hybridized carbons (Fsp3) is 0.467. The third-order valence-electron chi connectivity index (χ3n) is 3.84. The van der Waals surface area contributed by atoms with Crippen LogP contribution >= 0.6 is 0 Å². The van der Waals surface area contributed by atoms with Gasteiger partial charge in [-0.25, -0.2) is 8.42 Å². The fourth-order valence-corrected chi connectivity index (χ4v) is 4.46. The molecule has 2 atom stereocenters. The number of hydrogen-bond acceptors (Lipinski definition) is 6. The monoisotopic (exact) mass is 337 g/mol. The van der Waals surface area contributed by atoms with Crippen LogP contribution in [0.1, 0.15) is 30.2 Å². The molecule has 0 aliphatic carbocycles. The lowest BCUT2D eigenvalue weighted by atomic mass is 10.1. The van der Waals surface area contributed by atoms with E-state index in [1.165, 1.54) is 4.31 Å². The topological polar surface area (TPSA) is 85.5 Å². The predicted octanol–water partition coefficient (Wildman–Crippen LogP) is 1.84. The van der Waals surface area contributed by atoms with Crippen molar-refractivity contribution in [2.24, 2.45) is 0 Å². The number of sulfonamides is 1. The second-order valence-electron chi connectivity index (χ2n) is 5.63. The molecular weight excluding hydrogens is 318 g/mol. The largest absolute Gasteiger partial charge is 0.375 e. The number of ether oxygens (including phenoxy) is 1. The first kappa shape index (κ1) is 16.1. The van der Waals surface area contributed by atoms with Crippen molar-refractivity contribution in [3.63, 3.8) is 0 Å². The Balaban J connectivity index is 2.04. The van der Waals surface area contributed by atoms with Gasteiger partial charge in [0.15, 0.2) is 5.82 Å². The summed E-state index contributed by atoms with van der Waals surface area (Å²) < 4.78 is 38.3. The van der Waals surface area contributed by atoms with Crippen molar-refractivity contribution in [2.75, 3.05) is 13.2 Å². The van der Waals surface area contributed by atoms with Gasteiger partial charge in [0.05, 0.1) is 17.6 Å². The summed E-state index contributed by atoms with van der Waals surface area (Å²) >= 11 is 0. The summed E-state index contributed by atoms with van der Waals surface area (Å²) in [5.74, 6) is 0.719. The van der Waals surface area contributed by atoms with Crippen LogP contribution in [0.2, 0.25) is 0 Å². The molecule has 2 heterocycles. The summed E-state index contributed by atoms with van der Waals surface area (Å²) in [6.07, 6.45) is -0.372. The minimum absolute atomic E-state index is 0.243. The van der Waals surface area contributed by atoms with Crippen LogP contribution in [0.15, 0.2) is 33.7 Å². The maximum atomic E-state index is 13.1. The molecule has 1 aliphatic heterocycles. The van der Waals surface area contributed by atoms with Gasteiger partial charge in [0.25, 0.3) is 0 Å². The van der Waals surface area contributed by atoms with Crippen LogP contribution in [0.4, 0.5) is 0 Å². The number of aryl methyl sites for hydroxylation is 2. The highest BCUT2D eigenvalue weighted by atomic mass is 32.2. The van der Waals surface area contributed by atoms with Crippen molar-refractivity contribution in [1.82, 2.24) is 14.4 Å². The van der Waals surface area contributed by atoms with Crippen LogP contribution in [0.25, 0.3) is 0 Å². The summed E-state index contributed by atoms with van der Waals surface area (Å²) in [5.41, 5.74) is 0.887. The van der Waals surface area contributed by atoms with Gasteiger partial charge in [-0.1, -0.05) is 17.3 Å². The van der Waals surface area contributed by atoms with Crippen molar-refractivity contribution in [2.45, 2.75) is 37.8 Å². The summed E-state index contributed by atoms with van der Waals surface area (Å²) in [4.78, 5) is 4.45. The van der Waals surface area contributed by atoms with Crippen LogP contribution in [0, 0.1) is 13.8 Å². The van der Waals surface area contributed by atoms with Crippen molar-refractivity contribution in [3.8, 4) is 0 Å². The van der Waals surface area contributed by atoms with E-state index < -0.39 is 16.1 Å². The Labute approximate surface area is 135 Å². The first-order valence-electron chi connectivity index (χ1n) is 7.40. The summed E-state index contributed by atoms with van der Waals surface area (Å²) in [6.45, 7) is 5.94. The molecule has 1 saturated heterocycles. The number of hydrogen-bond donors (Lipinski definition) is 0. The Morgan fingerprint density at radius 3 is 2.74 bits per heavy atom. The zero-order valence-corrected chi connectivity index (χ0v) is 14.1. The maximum absolute atomic E-state index is 13.1. The Morgan fingerprint density at radius 2 is 2.09 bits per heavy atom. The van der Waals surface area contributed by atoms with E-state index in [-0.39, 0.29) is 23.4 Å². The van der Waals surface area contributed by atoms with Gasteiger partial charge in [-0.3, -0.25) is 0 Å². The third kappa shape index (κ3) is 3.01. The standard InChI is InChI=1S/C15H19N3O4S/c1-10-5-4-6-13(9-10)23(19,20)18-7-8-21-11(2)14(18)15-16-12(3)17-22-15/h4-6,9,11,14H,7-8H2,1-3H3/t11-,14+/m1/s1. The first-order valence-corrected chi connectivity index (χ1v) is 8.84. The molecule has 0 spiro atoms. The first-order chi connectivity index (χ1) is 10.9. The molecule has 1 aromatic carbocycles. The average molecular weight is 337 g/mol. The lowest BCUT2D eigenvalue weighted by Gasteiger charge is -2.36. The zero-order chi connectivity index (χ0) is 16.6. The molecule has 8 heteroatoms. The molecule has 3 rings (SSSR count). The van der Waals surface area contributed by atoms with E-state index in [1.54, 1.807) is 25.1 Å². The Bertz CT molecular complexity index is 803. The van der Waals surface area contributed by atoms with Crippen LogP contribution in [0.5, 0.6) is 0 Å². The van der Waals surface area contributed by atoms with Gasteiger partial charge in [-0.2, -0.15) is 9.29 Å². The number of benzene rings is 1. The highest BCUT2D eigenvalue weighted by Crippen LogP contribution is 2.33. The fourth-order valence-electron chi connectivity index (χ4n) is 2.73. The molecule has 23 heavy (non-hydrogen) atoms. The number of morpholine rings is 1. The van der Waals surface area contributed by atoms with Crippen LogP contribution in [-0.2, 0) is 14.8 Å². The summed E-state index contributed by atoms with van der Waals surface area (Å²) in [6, 6.07) is 6.22. The molecule has 0 amide bonds. The second-order valence-corrected chi connectivity index (χ2v) is 7.52. The van der Waals surface area contributed by atoms with Gasteiger partial charge in [-0.05, 0) is 38.5 Å². The normalized spacial score (nSPS) is 23.1. The maximum Gasteiger partial charge on any atom is 0.247 e. The zero-order valence-electron chi connectivity index (χ0n) is 13.3. The summed E-state index contributed by atoms with van der Waals surface area (Å²) in [5, 5.41) is 3.77. The van der Waals surface area contributed by atoms with Gasteiger partial charge in [-0.15, -0.1) is 0 Å². The van der Waals surface area contributed by atoms with Crippen LogP contribution in [-0.4, -0.2) is 42.1 Å². The average Bonchev–Trinajstić information content (AvgIpc) is 2.93. The number of nitrogens with zero attached hydrogens (tertiary/aromatic N) is 3. The Morgan fingerprint density at radius 1 is 1.30 bits per heavy atom. The molecule has 0 N–H and O–H groups in total. The molecule has 1 aromatic heterocycles. The van der Waals surface area contributed by atoms with E-state index in [9.17, 15) is 8.42 Å². The number of rotatable bonds is 3. The van der Waals surface area contributed by atoms with Crippen molar-refractivity contribution < 1.29 is 17.7 Å². The molecule has 0 saturated carbocycles. The molecule has 7 nitrogen and oxygen atoms in total. The van der Waals surface area contributed by atoms with E-state index in [4.69, 9.17) is 9.26 Å².